The molecule has 0 saturated heterocycles. The summed E-state index contributed by atoms with van der Waals surface area (Å²) in [5.74, 6) is 0.937. The van der Waals surface area contributed by atoms with Crippen LogP contribution in [0.1, 0.15) is 31.4 Å². The van der Waals surface area contributed by atoms with Crippen molar-refractivity contribution in [3.63, 3.8) is 0 Å². The van der Waals surface area contributed by atoms with Crippen LogP contribution in [-0.2, 0) is 16.1 Å². The summed E-state index contributed by atoms with van der Waals surface area (Å²) >= 11 is 1.46. The van der Waals surface area contributed by atoms with Gasteiger partial charge in [-0.3, -0.25) is 4.79 Å². The zero-order valence-corrected chi connectivity index (χ0v) is 18.1. The number of methoxy groups -OCH3 is 1. The molecule has 1 aliphatic carbocycles. The van der Waals surface area contributed by atoms with Crippen molar-refractivity contribution in [2.45, 2.75) is 44.4 Å². The fourth-order valence-corrected chi connectivity index (χ4v) is 4.48. The van der Waals surface area contributed by atoms with E-state index < -0.39 is 0 Å². The predicted molar refractivity (Wildman–Crippen MR) is 121 cm³/mol. The van der Waals surface area contributed by atoms with Crippen LogP contribution in [0, 0.1) is 0 Å². The molecule has 3 aromatic rings. The number of hydrogen-bond acceptors (Lipinski definition) is 9. The van der Waals surface area contributed by atoms with E-state index in [0.29, 0.717) is 23.5 Å². The molecule has 0 radical (unpaired) electrons. The number of ether oxygens (including phenoxy) is 1. The van der Waals surface area contributed by atoms with Gasteiger partial charge in [-0.1, -0.05) is 30.8 Å². The first kappa shape index (κ1) is 21.1. The number of hydrogen-bond donors (Lipinski definition) is 3. The third-order valence-electron chi connectivity index (χ3n) is 5.07. The van der Waals surface area contributed by atoms with E-state index in [1.807, 2.05) is 18.2 Å². The SMILES string of the molecule is C=CC(=O)N[C@@H]1CCCC[C@H]1Nc1nc(COC)cc(Nc2nc3cccnc3s2)n1. The summed E-state index contributed by atoms with van der Waals surface area (Å²) in [7, 11) is 1.63. The number of anilines is 3. The van der Waals surface area contributed by atoms with Gasteiger partial charge in [0, 0.05) is 31.5 Å². The fourth-order valence-electron chi connectivity index (χ4n) is 3.66. The van der Waals surface area contributed by atoms with Gasteiger partial charge in [-0.2, -0.15) is 4.98 Å². The Labute approximate surface area is 184 Å². The van der Waals surface area contributed by atoms with Gasteiger partial charge in [-0.25, -0.2) is 15.0 Å². The van der Waals surface area contributed by atoms with Crippen LogP contribution in [0.25, 0.3) is 10.3 Å². The summed E-state index contributed by atoms with van der Waals surface area (Å²) in [6, 6.07) is 5.66. The Bertz CT molecular complexity index is 1040. The average Bonchev–Trinajstić information content (AvgIpc) is 3.17. The van der Waals surface area contributed by atoms with Gasteiger partial charge >= 0.3 is 0 Å². The number of nitrogens with zero attached hydrogens (tertiary/aromatic N) is 4. The molecule has 0 aliphatic heterocycles. The standard InChI is InChI=1S/C21H25N7O2S/c1-3-18(29)24-14-7-4-5-8-15(14)25-20-23-13(12-30-2)11-17(27-20)28-21-26-16-9-6-10-22-19(16)31-21/h3,6,9-11,14-15H,1,4-5,7-8,12H2,2H3,(H,24,29)(H2,23,25,26,27,28)/t14-,15-/m1/s1. The van der Waals surface area contributed by atoms with Crippen molar-refractivity contribution in [3.05, 3.63) is 42.7 Å². The molecule has 1 fully saturated rings. The summed E-state index contributed by atoms with van der Waals surface area (Å²) in [6.07, 6.45) is 7.03. The zero-order valence-electron chi connectivity index (χ0n) is 17.3. The Morgan fingerprint density at radius 2 is 2.13 bits per heavy atom. The van der Waals surface area contributed by atoms with Crippen LogP contribution in [0.2, 0.25) is 0 Å². The monoisotopic (exact) mass is 439 g/mol. The van der Waals surface area contributed by atoms with E-state index in [4.69, 9.17) is 4.74 Å². The van der Waals surface area contributed by atoms with Crippen LogP contribution in [0.5, 0.6) is 0 Å². The van der Waals surface area contributed by atoms with Crippen LogP contribution >= 0.6 is 11.3 Å². The maximum Gasteiger partial charge on any atom is 0.243 e. The van der Waals surface area contributed by atoms with Crippen LogP contribution < -0.4 is 16.0 Å². The molecular formula is C21H25N7O2S. The number of nitrogens with one attached hydrogen (secondary N) is 3. The molecule has 10 heteroatoms. The number of fused-ring (bicyclic) bond motifs is 1. The van der Waals surface area contributed by atoms with Gasteiger partial charge in [0.25, 0.3) is 0 Å². The molecule has 31 heavy (non-hydrogen) atoms. The van der Waals surface area contributed by atoms with E-state index in [2.05, 4.69) is 42.5 Å². The van der Waals surface area contributed by atoms with Crippen molar-refractivity contribution in [2.24, 2.45) is 0 Å². The van der Waals surface area contributed by atoms with Gasteiger partial charge in [0.2, 0.25) is 11.9 Å². The lowest BCUT2D eigenvalue weighted by Crippen LogP contribution is -2.48. The van der Waals surface area contributed by atoms with E-state index in [9.17, 15) is 4.79 Å². The summed E-state index contributed by atoms with van der Waals surface area (Å²) < 4.78 is 5.28. The Morgan fingerprint density at radius 1 is 1.29 bits per heavy atom. The minimum Gasteiger partial charge on any atom is -0.378 e. The summed E-state index contributed by atoms with van der Waals surface area (Å²) in [5, 5.41) is 10.4. The first-order chi connectivity index (χ1) is 15.1. The van der Waals surface area contributed by atoms with E-state index in [1.54, 1.807) is 13.3 Å². The highest BCUT2D eigenvalue weighted by Gasteiger charge is 2.26. The van der Waals surface area contributed by atoms with Crippen molar-refractivity contribution < 1.29 is 9.53 Å². The lowest BCUT2D eigenvalue weighted by molar-refractivity contribution is -0.117. The normalized spacial score (nSPS) is 18.5. The summed E-state index contributed by atoms with van der Waals surface area (Å²) in [5.41, 5.74) is 1.58. The van der Waals surface area contributed by atoms with Crippen molar-refractivity contribution in [1.82, 2.24) is 25.3 Å². The number of aromatic nitrogens is 4. The summed E-state index contributed by atoms with van der Waals surface area (Å²) in [4.78, 5) is 30.8. The average molecular weight is 440 g/mol. The van der Waals surface area contributed by atoms with E-state index in [-0.39, 0.29) is 18.0 Å². The molecule has 1 saturated carbocycles. The third kappa shape index (κ3) is 5.33. The van der Waals surface area contributed by atoms with Crippen molar-refractivity contribution in [1.29, 1.82) is 0 Å². The maximum atomic E-state index is 11.8. The van der Waals surface area contributed by atoms with Gasteiger partial charge in [0.05, 0.1) is 12.3 Å². The van der Waals surface area contributed by atoms with Crippen molar-refractivity contribution in [2.75, 3.05) is 17.7 Å². The second kappa shape index (κ2) is 9.80. The van der Waals surface area contributed by atoms with Crippen molar-refractivity contribution >= 4 is 44.5 Å². The highest BCUT2D eigenvalue weighted by Crippen LogP contribution is 2.27. The number of rotatable bonds is 8. The molecule has 0 aromatic carbocycles. The van der Waals surface area contributed by atoms with Crippen LogP contribution in [-0.4, -0.2) is 45.0 Å². The lowest BCUT2D eigenvalue weighted by atomic mass is 9.90. The van der Waals surface area contributed by atoms with Gasteiger partial charge in [0.15, 0.2) is 5.13 Å². The first-order valence-corrected chi connectivity index (χ1v) is 11.0. The molecule has 3 N–H and O–H groups in total. The highest BCUT2D eigenvalue weighted by molar-refractivity contribution is 7.21. The number of pyridine rings is 1. The number of amides is 1. The zero-order chi connectivity index (χ0) is 21.6. The largest absolute Gasteiger partial charge is 0.378 e. The van der Waals surface area contributed by atoms with Crippen LogP contribution in [0.4, 0.5) is 16.9 Å². The Kier molecular flexibility index (Phi) is 6.68. The molecule has 3 heterocycles. The van der Waals surface area contributed by atoms with Gasteiger partial charge in [0.1, 0.15) is 16.2 Å². The first-order valence-electron chi connectivity index (χ1n) is 10.2. The molecule has 9 nitrogen and oxygen atoms in total. The van der Waals surface area contributed by atoms with E-state index in [0.717, 1.165) is 41.7 Å². The number of carbonyl (C=O) groups excluding carboxylic acids is 1. The van der Waals surface area contributed by atoms with E-state index >= 15 is 0 Å². The minimum absolute atomic E-state index is 0.000627. The minimum atomic E-state index is -0.167. The molecule has 162 valence electrons. The lowest BCUT2D eigenvalue weighted by Gasteiger charge is -2.32. The van der Waals surface area contributed by atoms with Gasteiger partial charge in [-0.05, 0) is 31.1 Å². The Morgan fingerprint density at radius 3 is 2.90 bits per heavy atom. The molecule has 4 rings (SSSR count). The quantitative estimate of drug-likeness (QED) is 0.458. The predicted octanol–water partition coefficient (Wildman–Crippen LogP) is 3.40. The van der Waals surface area contributed by atoms with Gasteiger partial charge in [-0.15, -0.1) is 0 Å². The maximum absolute atomic E-state index is 11.8. The molecule has 0 unspecified atom stereocenters. The molecule has 2 atom stereocenters. The van der Waals surface area contributed by atoms with Crippen molar-refractivity contribution in [3.8, 4) is 0 Å². The highest BCUT2D eigenvalue weighted by atomic mass is 32.1. The van der Waals surface area contributed by atoms with Gasteiger partial charge < -0.3 is 20.7 Å². The number of carbonyl (C=O) groups is 1. The molecular weight excluding hydrogens is 414 g/mol. The molecule has 3 aromatic heterocycles. The summed E-state index contributed by atoms with van der Waals surface area (Å²) in [6.45, 7) is 3.90. The molecule has 1 aliphatic rings. The van der Waals surface area contributed by atoms with Crippen LogP contribution in [0.15, 0.2) is 37.1 Å². The van der Waals surface area contributed by atoms with Crippen LogP contribution in [0.3, 0.4) is 0 Å². The smallest absolute Gasteiger partial charge is 0.243 e. The Hall–Kier alpha value is -3.11. The topological polar surface area (TPSA) is 114 Å². The second-order valence-electron chi connectivity index (χ2n) is 7.33. The number of thiazole rings is 1. The molecule has 0 spiro atoms. The molecule has 0 bridgehead atoms. The fraction of sp³-hybridized carbons (Fsp3) is 0.381. The third-order valence-corrected chi connectivity index (χ3v) is 5.96. The molecule has 1 amide bonds. The second-order valence-corrected chi connectivity index (χ2v) is 8.30. The van der Waals surface area contributed by atoms with E-state index in [1.165, 1.54) is 17.4 Å². The Balaban J connectivity index is 1.55.